The summed E-state index contributed by atoms with van der Waals surface area (Å²) in [6, 6.07) is 7.10. The summed E-state index contributed by atoms with van der Waals surface area (Å²) in [4.78, 5) is 25.2. The molecule has 0 unspecified atom stereocenters. The monoisotopic (exact) mass is 445 g/mol. The SMILES string of the molecule is C[C@@H](O)[C@H]1C(=O)N2C(C(=O)[O-])=C([C@H]3CC(c4ccccc4)=NN3CC(F)(F)F)C[C@H]12.[Na+]. The number of carbonyl (C=O) groups excluding carboxylic acids is 2. The predicted octanol–water partition coefficient (Wildman–Crippen LogP) is -2.35. The Balaban J connectivity index is 0.00000272. The van der Waals surface area contributed by atoms with Crippen molar-refractivity contribution in [3.05, 3.63) is 47.2 Å². The third kappa shape index (κ3) is 4.26. The zero-order valence-electron chi connectivity index (χ0n) is 17.0. The van der Waals surface area contributed by atoms with E-state index in [1.807, 2.05) is 0 Å². The summed E-state index contributed by atoms with van der Waals surface area (Å²) in [6.07, 6.45) is -5.42. The smallest absolute Gasteiger partial charge is 0.543 e. The van der Waals surface area contributed by atoms with E-state index in [4.69, 9.17) is 0 Å². The molecular weight excluding hydrogens is 426 g/mol. The summed E-state index contributed by atoms with van der Waals surface area (Å²) in [7, 11) is 0. The summed E-state index contributed by atoms with van der Waals surface area (Å²) >= 11 is 0. The minimum Gasteiger partial charge on any atom is -0.543 e. The van der Waals surface area contributed by atoms with E-state index in [0.29, 0.717) is 11.3 Å². The molecule has 4 atom stereocenters. The van der Waals surface area contributed by atoms with Gasteiger partial charge in [-0.3, -0.25) is 9.80 Å². The van der Waals surface area contributed by atoms with Crippen LogP contribution in [0.25, 0.3) is 0 Å². The molecule has 11 heteroatoms. The maximum atomic E-state index is 13.2. The Bertz CT molecular complexity index is 949. The van der Waals surface area contributed by atoms with Crippen molar-refractivity contribution >= 4 is 17.6 Å². The van der Waals surface area contributed by atoms with Crippen molar-refractivity contribution in [3.63, 3.8) is 0 Å². The van der Waals surface area contributed by atoms with Crippen molar-refractivity contribution < 1.29 is 62.5 Å². The molecule has 1 N–H and O–H groups in total. The molecule has 0 aromatic heterocycles. The van der Waals surface area contributed by atoms with Gasteiger partial charge in [-0.1, -0.05) is 30.3 Å². The summed E-state index contributed by atoms with van der Waals surface area (Å²) in [5.41, 5.74) is 0.823. The maximum Gasteiger partial charge on any atom is 1.00 e. The Labute approximate surface area is 198 Å². The molecule has 0 spiro atoms. The van der Waals surface area contributed by atoms with Crippen molar-refractivity contribution in [2.75, 3.05) is 6.54 Å². The first-order valence-electron chi connectivity index (χ1n) is 9.50. The predicted molar refractivity (Wildman–Crippen MR) is 96.6 cm³/mol. The number of carboxylic acids is 1. The molecule has 31 heavy (non-hydrogen) atoms. The van der Waals surface area contributed by atoms with Gasteiger partial charge in [-0.25, -0.2) is 0 Å². The number of halogens is 3. The minimum atomic E-state index is -4.55. The number of benzene rings is 1. The van der Waals surface area contributed by atoms with Gasteiger partial charge in [0, 0.05) is 6.42 Å². The molecule has 160 valence electrons. The van der Waals surface area contributed by atoms with E-state index in [1.54, 1.807) is 30.3 Å². The Kier molecular flexibility index (Phi) is 6.57. The van der Waals surface area contributed by atoms with Gasteiger partial charge in [-0.05, 0) is 24.5 Å². The molecule has 1 aromatic rings. The summed E-state index contributed by atoms with van der Waals surface area (Å²) in [5.74, 6) is -2.97. The van der Waals surface area contributed by atoms with E-state index in [9.17, 15) is 33.0 Å². The Morgan fingerprint density at radius 2 is 1.94 bits per heavy atom. The first-order chi connectivity index (χ1) is 14.1. The normalized spacial score (nSPS) is 26.3. The van der Waals surface area contributed by atoms with Gasteiger partial charge in [0.2, 0.25) is 5.91 Å². The number of fused-ring (bicyclic) bond motifs is 1. The maximum absolute atomic E-state index is 13.2. The van der Waals surface area contributed by atoms with Crippen LogP contribution in [0.1, 0.15) is 25.3 Å². The van der Waals surface area contributed by atoms with E-state index in [0.717, 1.165) is 9.91 Å². The summed E-state index contributed by atoms with van der Waals surface area (Å²) in [6.45, 7) is 0.0784. The summed E-state index contributed by atoms with van der Waals surface area (Å²) < 4.78 is 39.6. The topological polar surface area (TPSA) is 96.3 Å². The van der Waals surface area contributed by atoms with Crippen LogP contribution in [0.5, 0.6) is 0 Å². The number of β-lactam (4-membered cyclic amide) rings is 1. The number of amides is 1. The first kappa shape index (κ1) is 23.8. The third-order valence-corrected chi connectivity index (χ3v) is 5.80. The van der Waals surface area contributed by atoms with Gasteiger partial charge in [0.1, 0.15) is 6.54 Å². The molecule has 3 heterocycles. The van der Waals surface area contributed by atoms with Gasteiger partial charge < -0.3 is 19.9 Å². The second kappa shape index (κ2) is 8.57. The quantitative estimate of drug-likeness (QED) is 0.405. The van der Waals surface area contributed by atoms with Crippen molar-refractivity contribution in [3.8, 4) is 0 Å². The van der Waals surface area contributed by atoms with E-state index in [2.05, 4.69) is 5.10 Å². The first-order valence-corrected chi connectivity index (χ1v) is 9.50. The number of hydrazone groups is 1. The van der Waals surface area contributed by atoms with Gasteiger partial charge in [-0.15, -0.1) is 0 Å². The fourth-order valence-corrected chi connectivity index (χ4v) is 4.58. The molecule has 0 bridgehead atoms. The zero-order valence-corrected chi connectivity index (χ0v) is 19.0. The Hall–Kier alpha value is -1.88. The Morgan fingerprint density at radius 3 is 2.48 bits per heavy atom. The van der Waals surface area contributed by atoms with Crippen LogP contribution in [-0.2, 0) is 9.59 Å². The molecule has 1 amide bonds. The average molecular weight is 445 g/mol. The van der Waals surface area contributed by atoms with Gasteiger partial charge in [-0.2, -0.15) is 18.3 Å². The molecule has 7 nitrogen and oxygen atoms in total. The van der Waals surface area contributed by atoms with Gasteiger partial charge in [0.15, 0.2) is 0 Å². The number of rotatable bonds is 5. The van der Waals surface area contributed by atoms with Gasteiger partial charge in [0.05, 0.1) is 41.5 Å². The van der Waals surface area contributed by atoms with E-state index < -0.39 is 54.4 Å². The van der Waals surface area contributed by atoms with Crippen molar-refractivity contribution in [1.29, 1.82) is 0 Å². The summed E-state index contributed by atoms with van der Waals surface area (Å²) in [5, 5.41) is 26.6. The van der Waals surface area contributed by atoms with Crippen LogP contribution in [0.2, 0.25) is 0 Å². The van der Waals surface area contributed by atoms with Crippen LogP contribution in [0.3, 0.4) is 0 Å². The van der Waals surface area contributed by atoms with E-state index in [1.165, 1.54) is 6.92 Å². The molecule has 0 radical (unpaired) electrons. The van der Waals surface area contributed by atoms with Crippen molar-refractivity contribution in [2.24, 2.45) is 11.0 Å². The number of carbonyl (C=O) groups is 2. The number of hydrogen-bond donors (Lipinski definition) is 1. The molecular formula is C20H19F3N3NaO4. The number of alkyl halides is 3. The van der Waals surface area contributed by atoms with Crippen LogP contribution in [-0.4, -0.2) is 63.5 Å². The molecule has 3 aliphatic heterocycles. The molecule has 1 saturated heterocycles. The van der Waals surface area contributed by atoms with Gasteiger partial charge in [0.25, 0.3) is 0 Å². The number of hydrogen-bond acceptors (Lipinski definition) is 6. The second-order valence-corrected chi connectivity index (χ2v) is 7.75. The fourth-order valence-electron chi connectivity index (χ4n) is 4.58. The standard InChI is InChI=1S/C20H20F3N3O4.Na/c1-10(27)16-15-7-12(17(19(29)30)26(15)18(16)28)14-8-13(11-5-3-2-4-6-11)24-25(14)9-20(21,22)23;/h2-6,10,14-16,27H,7-9H2,1H3,(H,29,30);/q;+1/p-1/t10-,14-,15-,16-;/m1./s1. The fraction of sp³-hybridized carbons (Fsp3) is 0.450. The van der Waals surface area contributed by atoms with Crippen LogP contribution >= 0.6 is 0 Å². The Morgan fingerprint density at radius 1 is 1.29 bits per heavy atom. The largest absolute Gasteiger partial charge is 1.00 e. The van der Waals surface area contributed by atoms with Crippen molar-refractivity contribution in [2.45, 2.75) is 44.1 Å². The van der Waals surface area contributed by atoms with E-state index in [-0.39, 0.29) is 48.0 Å². The molecule has 0 aliphatic carbocycles. The number of aliphatic hydroxyl groups excluding tert-OH is 1. The zero-order chi connectivity index (χ0) is 21.8. The molecule has 1 fully saturated rings. The molecule has 4 rings (SSSR count). The third-order valence-electron chi connectivity index (χ3n) is 5.80. The number of aliphatic carboxylic acids is 1. The van der Waals surface area contributed by atoms with Crippen LogP contribution < -0.4 is 34.7 Å². The van der Waals surface area contributed by atoms with Crippen molar-refractivity contribution in [1.82, 2.24) is 9.91 Å². The minimum absolute atomic E-state index is 0. The van der Waals surface area contributed by atoms with Gasteiger partial charge >= 0.3 is 35.7 Å². The molecule has 0 saturated carbocycles. The second-order valence-electron chi connectivity index (χ2n) is 7.75. The van der Waals surface area contributed by atoms with Crippen LogP contribution in [0.15, 0.2) is 46.7 Å². The van der Waals surface area contributed by atoms with E-state index >= 15 is 0 Å². The molecule has 1 aromatic carbocycles. The number of aliphatic hydroxyl groups is 1. The number of nitrogens with zero attached hydrogens (tertiary/aromatic N) is 3. The average Bonchev–Trinajstić information content (AvgIpc) is 3.19. The van der Waals surface area contributed by atoms with Crippen LogP contribution in [0.4, 0.5) is 13.2 Å². The van der Waals surface area contributed by atoms with Crippen LogP contribution in [0, 0.1) is 5.92 Å². The molecule has 3 aliphatic rings. The number of carboxylic acid groups (broad SMARTS) is 1.